The number of carboxylic acids is 1. The molecule has 0 aromatic heterocycles. The van der Waals surface area contributed by atoms with Crippen LogP contribution in [0.1, 0.15) is 39.2 Å². The molecular weight excluding hydrogens is 340 g/mol. The Morgan fingerprint density at radius 1 is 1.12 bits per heavy atom. The molecule has 1 atom stereocenters. The van der Waals surface area contributed by atoms with E-state index in [0.717, 1.165) is 5.56 Å². The third-order valence-corrected chi connectivity index (χ3v) is 3.12. The van der Waals surface area contributed by atoms with Crippen LogP contribution < -0.4 is 10.6 Å². The van der Waals surface area contributed by atoms with Crippen LogP contribution in [0.4, 0.5) is 9.59 Å². The van der Waals surface area contributed by atoms with Crippen LogP contribution in [-0.2, 0) is 20.9 Å². The van der Waals surface area contributed by atoms with E-state index < -0.39 is 29.8 Å². The van der Waals surface area contributed by atoms with E-state index in [1.165, 1.54) is 0 Å². The number of hydrogen-bond donors (Lipinski definition) is 3. The van der Waals surface area contributed by atoms with Gasteiger partial charge in [0.25, 0.3) is 0 Å². The molecule has 0 aliphatic rings. The summed E-state index contributed by atoms with van der Waals surface area (Å²) in [5.41, 5.74) is 0.176. The number of carbonyl (C=O) groups excluding carboxylic acids is 2. The maximum Gasteiger partial charge on any atom is 0.407 e. The lowest BCUT2D eigenvalue weighted by atomic mass is 10.1. The van der Waals surface area contributed by atoms with Gasteiger partial charge >= 0.3 is 18.2 Å². The highest BCUT2D eigenvalue weighted by Crippen LogP contribution is 2.08. The van der Waals surface area contributed by atoms with Gasteiger partial charge in [0.2, 0.25) is 0 Å². The van der Waals surface area contributed by atoms with Crippen molar-refractivity contribution in [3.8, 4) is 0 Å². The van der Waals surface area contributed by atoms with Crippen molar-refractivity contribution in [2.75, 3.05) is 6.54 Å². The first kappa shape index (κ1) is 21.3. The Kier molecular flexibility index (Phi) is 8.41. The first-order chi connectivity index (χ1) is 12.2. The van der Waals surface area contributed by atoms with Crippen molar-refractivity contribution in [1.82, 2.24) is 10.6 Å². The highest BCUT2D eigenvalue weighted by molar-refractivity contribution is 5.71. The summed E-state index contributed by atoms with van der Waals surface area (Å²) in [7, 11) is 0. The maximum absolute atomic E-state index is 11.8. The van der Waals surface area contributed by atoms with Crippen LogP contribution in [0.5, 0.6) is 0 Å². The molecule has 0 saturated heterocycles. The van der Waals surface area contributed by atoms with Gasteiger partial charge in [-0.2, -0.15) is 0 Å². The lowest BCUT2D eigenvalue weighted by Crippen LogP contribution is -2.42. The van der Waals surface area contributed by atoms with Crippen molar-refractivity contribution in [2.24, 2.45) is 0 Å². The Morgan fingerprint density at radius 2 is 1.77 bits per heavy atom. The topological polar surface area (TPSA) is 114 Å². The van der Waals surface area contributed by atoms with E-state index in [0.29, 0.717) is 0 Å². The Hall–Kier alpha value is -2.77. The monoisotopic (exact) mass is 366 g/mol. The van der Waals surface area contributed by atoms with E-state index in [-0.39, 0.29) is 26.0 Å². The number of aliphatic carboxylic acids is 1. The molecule has 0 spiro atoms. The summed E-state index contributed by atoms with van der Waals surface area (Å²) < 4.78 is 10.2. The lowest BCUT2D eigenvalue weighted by Gasteiger charge is -2.23. The molecule has 0 unspecified atom stereocenters. The molecule has 0 heterocycles. The summed E-state index contributed by atoms with van der Waals surface area (Å²) >= 11 is 0. The summed E-state index contributed by atoms with van der Waals surface area (Å²) in [6, 6.07) is 8.55. The maximum atomic E-state index is 11.8. The molecule has 1 aromatic rings. The van der Waals surface area contributed by atoms with E-state index in [2.05, 4.69) is 10.6 Å². The smallest absolute Gasteiger partial charge is 0.407 e. The second-order valence-corrected chi connectivity index (χ2v) is 6.72. The molecule has 144 valence electrons. The molecule has 3 N–H and O–H groups in total. The normalized spacial score (nSPS) is 12.0. The number of benzene rings is 1. The van der Waals surface area contributed by atoms with E-state index in [9.17, 15) is 14.4 Å². The van der Waals surface area contributed by atoms with Crippen LogP contribution in [0.25, 0.3) is 0 Å². The summed E-state index contributed by atoms with van der Waals surface area (Å²) in [5, 5.41) is 14.0. The van der Waals surface area contributed by atoms with Crippen LogP contribution in [0.3, 0.4) is 0 Å². The Labute approximate surface area is 152 Å². The summed E-state index contributed by atoms with van der Waals surface area (Å²) in [6.45, 7) is 5.43. The van der Waals surface area contributed by atoms with E-state index >= 15 is 0 Å². The SMILES string of the molecule is CC(C)(C)OC(=O)N[C@@H](CCNC(=O)OCc1ccccc1)CC(=O)O. The minimum absolute atomic E-state index is 0.140. The van der Waals surface area contributed by atoms with Crippen molar-refractivity contribution in [2.45, 2.75) is 51.9 Å². The molecule has 1 aromatic carbocycles. The zero-order chi connectivity index (χ0) is 19.6. The molecular formula is C18H26N2O6. The second-order valence-electron chi connectivity index (χ2n) is 6.72. The molecule has 0 bridgehead atoms. The van der Waals surface area contributed by atoms with Gasteiger partial charge in [0.05, 0.1) is 6.42 Å². The Morgan fingerprint density at radius 3 is 2.35 bits per heavy atom. The number of amides is 2. The van der Waals surface area contributed by atoms with Gasteiger partial charge in [-0.3, -0.25) is 4.79 Å². The number of alkyl carbamates (subject to hydrolysis) is 2. The minimum Gasteiger partial charge on any atom is -0.481 e. The van der Waals surface area contributed by atoms with Crippen LogP contribution in [0.15, 0.2) is 30.3 Å². The molecule has 0 radical (unpaired) electrons. The molecule has 26 heavy (non-hydrogen) atoms. The van der Waals surface area contributed by atoms with Crippen molar-refractivity contribution in [3.05, 3.63) is 35.9 Å². The summed E-state index contributed by atoms with van der Waals surface area (Å²) in [4.78, 5) is 34.4. The van der Waals surface area contributed by atoms with Crippen LogP contribution in [0, 0.1) is 0 Å². The average Bonchev–Trinajstić information content (AvgIpc) is 2.51. The van der Waals surface area contributed by atoms with Crippen molar-refractivity contribution in [1.29, 1.82) is 0 Å². The molecule has 2 amide bonds. The van der Waals surface area contributed by atoms with Crippen molar-refractivity contribution in [3.63, 3.8) is 0 Å². The number of rotatable bonds is 8. The number of hydrogen-bond acceptors (Lipinski definition) is 5. The zero-order valence-corrected chi connectivity index (χ0v) is 15.3. The zero-order valence-electron chi connectivity index (χ0n) is 15.3. The summed E-state index contributed by atoms with van der Waals surface area (Å²) in [6.07, 6.45) is -1.36. The number of carbonyl (C=O) groups is 3. The van der Waals surface area contributed by atoms with Gasteiger partial charge in [-0.25, -0.2) is 9.59 Å². The fourth-order valence-corrected chi connectivity index (χ4v) is 2.03. The third kappa shape index (κ3) is 10.2. The minimum atomic E-state index is -1.06. The first-order valence-corrected chi connectivity index (χ1v) is 8.31. The van der Waals surface area contributed by atoms with Crippen LogP contribution in [0.2, 0.25) is 0 Å². The first-order valence-electron chi connectivity index (χ1n) is 8.31. The highest BCUT2D eigenvalue weighted by Gasteiger charge is 2.21. The molecule has 0 aliphatic heterocycles. The Balaban J connectivity index is 2.37. The molecule has 0 aliphatic carbocycles. The predicted octanol–water partition coefficient (Wildman–Crippen LogP) is 2.67. The fraction of sp³-hybridized carbons (Fsp3) is 0.500. The number of ether oxygens (including phenoxy) is 2. The largest absolute Gasteiger partial charge is 0.481 e. The van der Waals surface area contributed by atoms with Crippen LogP contribution in [-0.4, -0.2) is 41.4 Å². The molecule has 8 nitrogen and oxygen atoms in total. The summed E-state index contributed by atoms with van der Waals surface area (Å²) in [5.74, 6) is -1.06. The predicted molar refractivity (Wildman–Crippen MR) is 94.7 cm³/mol. The van der Waals surface area contributed by atoms with Gasteiger partial charge in [-0.1, -0.05) is 30.3 Å². The van der Waals surface area contributed by atoms with Gasteiger partial charge in [0.1, 0.15) is 12.2 Å². The molecule has 0 saturated carbocycles. The van der Waals surface area contributed by atoms with Gasteiger partial charge in [0.15, 0.2) is 0 Å². The fourth-order valence-electron chi connectivity index (χ4n) is 2.03. The average molecular weight is 366 g/mol. The van der Waals surface area contributed by atoms with Gasteiger partial charge in [-0.05, 0) is 32.8 Å². The highest BCUT2D eigenvalue weighted by atomic mass is 16.6. The molecule has 0 fully saturated rings. The standard InChI is InChI=1S/C18H26N2O6/c1-18(2,3)26-17(24)20-14(11-15(21)22)9-10-19-16(23)25-12-13-7-5-4-6-8-13/h4-8,14H,9-12H2,1-3H3,(H,19,23)(H,20,24)(H,21,22)/t14-/m0/s1. The third-order valence-electron chi connectivity index (χ3n) is 3.12. The lowest BCUT2D eigenvalue weighted by molar-refractivity contribution is -0.137. The number of nitrogens with one attached hydrogen (secondary N) is 2. The van der Waals surface area contributed by atoms with Crippen LogP contribution >= 0.6 is 0 Å². The molecule has 8 heteroatoms. The molecule has 1 rings (SSSR count). The van der Waals surface area contributed by atoms with Gasteiger partial charge in [-0.15, -0.1) is 0 Å². The Bertz CT molecular complexity index is 597. The van der Waals surface area contributed by atoms with Gasteiger partial charge in [0, 0.05) is 12.6 Å². The van der Waals surface area contributed by atoms with E-state index in [1.54, 1.807) is 20.8 Å². The van der Waals surface area contributed by atoms with Gasteiger partial charge < -0.3 is 25.2 Å². The van der Waals surface area contributed by atoms with Crippen molar-refractivity contribution < 1.29 is 29.0 Å². The van der Waals surface area contributed by atoms with E-state index in [1.807, 2.05) is 30.3 Å². The van der Waals surface area contributed by atoms with Crippen molar-refractivity contribution >= 4 is 18.2 Å². The van der Waals surface area contributed by atoms with E-state index in [4.69, 9.17) is 14.6 Å². The second kappa shape index (κ2) is 10.3. The number of carboxylic acid groups (broad SMARTS) is 1. The quantitative estimate of drug-likeness (QED) is 0.652.